The molecule has 1 unspecified atom stereocenters. The van der Waals surface area contributed by atoms with Crippen LogP contribution in [0.2, 0.25) is 0 Å². The maximum absolute atomic E-state index is 4.41. The second kappa shape index (κ2) is 4.31. The Morgan fingerprint density at radius 1 is 1.21 bits per heavy atom. The molecule has 0 aliphatic carbocycles. The predicted octanol–water partition coefficient (Wildman–Crippen LogP) is 3.86. The Morgan fingerprint density at radius 2 is 2.05 bits per heavy atom. The normalized spacial score (nSPS) is 23.9. The third-order valence-electron chi connectivity index (χ3n) is 4.53. The third kappa shape index (κ3) is 1.95. The minimum absolute atomic E-state index is 0.0943. The van der Waals surface area contributed by atoms with Gasteiger partial charge in [0.25, 0.3) is 0 Å². The quantitative estimate of drug-likeness (QED) is 0.836. The van der Waals surface area contributed by atoms with Crippen LogP contribution in [0.25, 0.3) is 10.9 Å². The van der Waals surface area contributed by atoms with Gasteiger partial charge >= 0.3 is 0 Å². The first-order valence-electron chi connectivity index (χ1n) is 7.13. The molecular weight excluding hydrogens is 232 g/mol. The number of nitrogens with zero attached hydrogens (tertiary/aromatic N) is 1. The summed E-state index contributed by atoms with van der Waals surface area (Å²) >= 11 is 0. The fourth-order valence-electron chi connectivity index (χ4n) is 3.40. The molecule has 2 heterocycles. The lowest BCUT2D eigenvalue weighted by molar-refractivity contribution is 0.161. The Bertz CT molecular complexity index is 589. The highest BCUT2D eigenvalue weighted by Gasteiger charge is 2.45. The highest BCUT2D eigenvalue weighted by molar-refractivity contribution is 5.79. The minimum Gasteiger partial charge on any atom is -0.307 e. The number of aromatic nitrogens is 1. The summed E-state index contributed by atoms with van der Waals surface area (Å²) in [5, 5.41) is 5.00. The maximum Gasteiger partial charge on any atom is 0.0702 e. The van der Waals surface area contributed by atoms with E-state index in [1.54, 1.807) is 0 Å². The monoisotopic (exact) mass is 254 g/mol. The van der Waals surface area contributed by atoms with E-state index in [-0.39, 0.29) is 11.0 Å². The molecule has 0 spiro atoms. The van der Waals surface area contributed by atoms with E-state index in [0.29, 0.717) is 0 Å². The fraction of sp³-hybridized carbons (Fsp3) is 0.471. The van der Waals surface area contributed by atoms with Crippen molar-refractivity contribution in [1.82, 2.24) is 10.3 Å². The van der Waals surface area contributed by atoms with Gasteiger partial charge in [0.2, 0.25) is 0 Å². The van der Waals surface area contributed by atoms with Gasteiger partial charge in [-0.25, -0.2) is 0 Å². The Kier molecular flexibility index (Phi) is 2.86. The molecule has 1 saturated heterocycles. The SMILES string of the molecule is CC(C)(C)C1(c2ccc3ncccc3c2)CCCN1. The zero-order chi connectivity index (χ0) is 13.5. The summed E-state index contributed by atoms with van der Waals surface area (Å²) < 4.78 is 0. The van der Waals surface area contributed by atoms with Gasteiger partial charge in [-0.2, -0.15) is 0 Å². The lowest BCUT2D eigenvalue weighted by Crippen LogP contribution is -2.48. The second-order valence-electron chi connectivity index (χ2n) is 6.60. The van der Waals surface area contributed by atoms with E-state index in [1.165, 1.54) is 23.8 Å². The van der Waals surface area contributed by atoms with Crippen molar-refractivity contribution >= 4 is 10.9 Å². The van der Waals surface area contributed by atoms with Gasteiger partial charge in [0.05, 0.1) is 5.52 Å². The zero-order valence-corrected chi connectivity index (χ0v) is 12.0. The summed E-state index contributed by atoms with van der Waals surface area (Å²) in [5.41, 5.74) is 2.78. The van der Waals surface area contributed by atoms with Crippen LogP contribution in [-0.4, -0.2) is 11.5 Å². The van der Waals surface area contributed by atoms with Crippen LogP contribution in [0.5, 0.6) is 0 Å². The summed E-state index contributed by atoms with van der Waals surface area (Å²) in [5.74, 6) is 0. The third-order valence-corrected chi connectivity index (χ3v) is 4.53. The maximum atomic E-state index is 4.41. The van der Waals surface area contributed by atoms with Gasteiger partial charge in [-0.1, -0.05) is 32.9 Å². The molecule has 0 bridgehead atoms. The topological polar surface area (TPSA) is 24.9 Å². The van der Waals surface area contributed by atoms with E-state index in [0.717, 1.165) is 12.1 Å². The molecule has 19 heavy (non-hydrogen) atoms. The van der Waals surface area contributed by atoms with Crippen molar-refractivity contribution in [1.29, 1.82) is 0 Å². The van der Waals surface area contributed by atoms with Gasteiger partial charge in [-0.15, -0.1) is 0 Å². The van der Waals surface area contributed by atoms with E-state index >= 15 is 0 Å². The highest BCUT2D eigenvalue weighted by Crippen LogP contribution is 2.45. The smallest absolute Gasteiger partial charge is 0.0702 e. The lowest BCUT2D eigenvalue weighted by Gasteiger charge is -2.43. The molecular formula is C17H22N2. The zero-order valence-electron chi connectivity index (χ0n) is 12.0. The van der Waals surface area contributed by atoms with E-state index in [2.05, 4.69) is 55.3 Å². The summed E-state index contributed by atoms with van der Waals surface area (Å²) in [7, 11) is 0. The van der Waals surface area contributed by atoms with Gasteiger partial charge in [0.15, 0.2) is 0 Å². The van der Waals surface area contributed by atoms with Gasteiger partial charge < -0.3 is 5.32 Å². The number of rotatable bonds is 1. The van der Waals surface area contributed by atoms with Gasteiger partial charge in [0.1, 0.15) is 0 Å². The molecule has 2 heteroatoms. The summed E-state index contributed by atoms with van der Waals surface area (Å²) in [4.78, 5) is 4.41. The highest BCUT2D eigenvalue weighted by atomic mass is 15.0. The van der Waals surface area contributed by atoms with Crippen molar-refractivity contribution in [2.75, 3.05) is 6.54 Å². The van der Waals surface area contributed by atoms with E-state index < -0.39 is 0 Å². The first kappa shape index (κ1) is 12.6. The molecule has 1 aromatic carbocycles. The molecule has 1 N–H and O–H groups in total. The van der Waals surface area contributed by atoms with Gasteiger partial charge in [-0.05, 0) is 48.6 Å². The van der Waals surface area contributed by atoms with Crippen molar-refractivity contribution in [2.45, 2.75) is 39.2 Å². The molecule has 0 saturated carbocycles. The van der Waals surface area contributed by atoms with E-state index in [1.807, 2.05) is 12.3 Å². The number of hydrogen-bond acceptors (Lipinski definition) is 2. The summed E-state index contributed by atoms with van der Waals surface area (Å²) in [6.45, 7) is 8.11. The van der Waals surface area contributed by atoms with Crippen LogP contribution in [-0.2, 0) is 5.54 Å². The van der Waals surface area contributed by atoms with E-state index in [9.17, 15) is 0 Å². The molecule has 0 amide bonds. The van der Waals surface area contributed by atoms with Crippen molar-refractivity contribution < 1.29 is 0 Å². The molecule has 100 valence electrons. The van der Waals surface area contributed by atoms with Crippen LogP contribution in [0, 0.1) is 5.41 Å². The van der Waals surface area contributed by atoms with Crippen molar-refractivity contribution in [3.8, 4) is 0 Å². The first-order chi connectivity index (χ1) is 9.03. The van der Waals surface area contributed by atoms with Crippen LogP contribution in [0.3, 0.4) is 0 Å². The average molecular weight is 254 g/mol. The van der Waals surface area contributed by atoms with Crippen LogP contribution in [0.1, 0.15) is 39.2 Å². The molecule has 1 aliphatic heterocycles. The van der Waals surface area contributed by atoms with Gasteiger partial charge in [-0.3, -0.25) is 4.98 Å². The molecule has 2 aromatic rings. The Morgan fingerprint density at radius 3 is 2.74 bits per heavy atom. The summed E-state index contributed by atoms with van der Waals surface area (Å²) in [6, 6.07) is 10.9. The first-order valence-corrected chi connectivity index (χ1v) is 7.13. The molecule has 1 aromatic heterocycles. The molecule has 2 nitrogen and oxygen atoms in total. The average Bonchev–Trinajstić information content (AvgIpc) is 2.88. The second-order valence-corrected chi connectivity index (χ2v) is 6.60. The van der Waals surface area contributed by atoms with Crippen molar-refractivity contribution in [3.05, 3.63) is 42.1 Å². The van der Waals surface area contributed by atoms with Crippen LogP contribution < -0.4 is 5.32 Å². The number of fused-ring (bicyclic) bond motifs is 1. The predicted molar refractivity (Wildman–Crippen MR) is 80.1 cm³/mol. The molecule has 1 atom stereocenters. The lowest BCUT2D eigenvalue weighted by atomic mass is 9.68. The van der Waals surface area contributed by atoms with Crippen LogP contribution in [0.15, 0.2) is 36.5 Å². The summed E-state index contributed by atoms with van der Waals surface area (Å²) in [6.07, 6.45) is 4.32. The molecule has 3 rings (SSSR count). The number of nitrogens with one attached hydrogen (secondary N) is 1. The van der Waals surface area contributed by atoms with Gasteiger partial charge in [0, 0.05) is 17.1 Å². The van der Waals surface area contributed by atoms with Crippen molar-refractivity contribution in [3.63, 3.8) is 0 Å². The van der Waals surface area contributed by atoms with E-state index in [4.69, 9.17) is 0 Å². The molecule has 1 fully saturated rings. The number of benzene rings is 1. The Hall–Kier alpha value is -1.41. The standard InChI is InChI=1S/C17H22N2/c1-16(2,3)17(9-5-11-19-17)14-7-8-15-13(12-14)6-4-10-18-15/h4,6-8,10,12,19H,5,9,11H2,1-3H3. The van der Waals surface area contributed by atoms with Crippen molar-refractivity contribution in [2.24, 2.45) is 5.41 Å². The Balaban J connectivity index is 2.16. The van der Waals surface area contributed by atoms with Crippen LogP contribution in [0.4, 0.5) is 0 Å². The molecule has 1 aliphatic rings. The minimum atomic E-state index is 0.0943. The molecule has 0 radical (unpaired) electrons. The number of pyridine rings is 1. The largest absolute Gasteiger partial charge is 0.307 e. The fourth-order valence-corrected chi connectivity index (χ4v) is 3.40. The number of hydrogen-bond donors (Lipinski definition) is 1. The van der Waals surface area contributed by atoms with Crippen LogP contribution >= 0.6 is 0 Å². The Labute approximate surface area is 115 Å².